The minimum absolute atomic E-state index is 0.134. The summed E-state index contributed by atoms with van der Waals surface area (Å²) in [7, 11) is 0. The van der Waals surface area contributed by atoms with Gasteiger partial charge in [-0.15, -0.1) is 11.3 Å². The highest BCUT2D eigenvalue weighted by molar-refractivity contribution is 7.09. The van der Waals surface area contributed by atoms with Gasteiger partial charge in [0.2, 0.25) is 0 Å². The summed E-state index contributed by atoms with van der Waals surface area (Å²) >= 11 is 1.46. The number of hydrogen-bond donors (Lipinski definition) is 1. The summed E-state index contributed by atoms with van der Waals surface area (Å²) < 4.78 is 14.6. The monoisotopic (exact) mass is 345 g/mol. The quantitative estimate of drug-likeness (QED) is 0.929. The molecule has 2 heterocycles. The molecule has 1 aliphatic carbocycles. The molecular formula is C18H20FN3OS. The van der Waals surface area contributed by atoms with Crippen molar-refractivity contribution in [2.75, 3.05) is 18.0 Å². The number of halogens is 1. The highest BCUT2D eigenvalue weighted by atomic mass is 32.1. The van der Waals surface area contributed by atoms with Crippen LogP contribution in [0.3, 0.4) is 0 Å². The second-order valence-electron chi connectivity index (χ2n) is 6.68. The zero-order valence-corrected chi connectivity index (χ0v) is 14.2. The van der Waals surface area contributed by atoms with E-state index in [0.29, 0.717) is 25.2 Å². The van der Waals surface area contributed by atoms with E-state index in [0.717, 1.165) is 41.9 Å². The molecule has 126 valence electrons. The van der Waals surface area contributed by atoms with Crippen molar-refractivity contribution in [3.05, 3.63) is 45.7 Å². The summed E-state index contributed by atoms with van der Waals surface area (Å²) in [6.07, 6.45) is 4.74. The molecule has 6 heteroatoms. The van der Waals surface area contributed by atoms with E-state index in [1.807, 2.05) is 6.07 Å². The number of thiazole rings is 1. The van der Waals surface area contributed by atoms with Crippen LogP contribution in [0.5, 0.6) is 0 Å². The SMILES string of the molecule is NCCc1nc(C(=O)N2CC3(CCCC3)c3c(F)cccc32)cs1. The van der Waals surface area contributed by atoms with Crippen molar-refractivity contribution in [2.24, 2.45) is 5.73 Å². The van der Waals surface area contributed by atoms with E-state index >= 15 is 0 Å². The maximum absolute atomic E-state index is 14.6. The largest absolute Gasteiger partial charge is 0.330 e. The molecule has 1 spiro atoms. The molecule has 1 saturated carbocycles. The highest BCUT2D eigenvalue weighted by Crippen LogP contribution is 2.51. The molecule has 1 aliphatic heterocycles. The number of hydrogen-bond acceptors (Lipinski definition) is 4. The fourth-order valence-electron chi connectivity index (χ4n) is 4.16. The molecule has 2 N–H and O–H groups in total. The van der Waals surface area contributed by atoms with E-state index in [1.165, 1.54) is 17.4 Å². The topological polar surface area (TPSA) is 59.2 Å². The Morgan fingerprint density at radius 2 is 2.17 bits per heavy atom. The van der Waals surface area contributed by atoms with Crippen molar-refractivity contribution in [1.29, 1.82) is 0 Å². The second-order valence-corrected chi connectivity index (χ2v) is 7.62. The minimum atomic E-state index is -0.216. The van der Waals surface area contributed by atoms with Crippen LogP contribution in [-0.4, -0.2) is 24.0 Å². The van der Waals surface area contributed by atoms with Crippen molar-refractivity contribution in [1.82, 2.24) is 4.98 Å². The van der Waals surface area contributed by atoms with Crippen molar-refractivity contribution >= 4 is 22.9 Å². The summed E-state index contributed by atoms with van der Waals surface area (Å²) in [5, 5.41) is 2.65. The van der Waals surface area contributed by atoms with E-state index in [2.05, 4.69) is 4.98 Å². The number of rotatable bonds is 3. The lowest BCUT2D eigenvalue weighted by Gasteiger charge is -2.24. The Morgan fingerprint density at radius 1 is 1.38 bits per heavy atom. The zero-order valence-electron chi connectivity index (χ0n) is 13.4. The van der Waals surface area contributed by atoms with Crippen LogP contribution in [0.2, 0.25) is 0 Å². The number of nitrogens with two attached hydrogens (primary N) is 1. The number of anilines is 1. The lowest BCUT2D eigenvalue weighted by molar-refractivity contribution is 0.0980. The molecule has 0 saturated heterocycles. The molecule has 0 radical (unpaired) electrons. The summed E-state index contributed by atoms with van der Waals surface area (Å²) in [6, 6.07) is 5.05. The average Bonchev–Trinajstić information content (AvgIpc) is 3.29. The molecule has 4 nitrogen and oxygen atoms in total. The van der Waals surface area contributed by atoms with Gasteiger partial charge >= 0.3 is 0 Å². The first-order chi connectivity index (χ1) is 11.6. The third-order valence-corrected chi connectivity index (χ3v) is 6.12. The van der Waals surface area contributed by atoms with Gasteiger partial charge in [-0.2, -0.15) is 0 Å². The normalized spacial score (nSPS) is 18.3. The molecule has 1 aromatic carbocycles. The van der Waals surface area contributed by atoms with Gasteiger partial charge in [-0.05, 0) is 31.5 Å². The van der Waals surface area contributed by atoms with Gasteiger partial charge in [0.05, 0.1) is 10.7 Å². The van der Waals surface area contributed by atoms with Gasteiger partial charge in [0.1, 0.15) is 11.5 Å². The Labute approximate surface area is 144 Å². The van der Waals surface area contributed by atoms with Gasteiger partial charge in [-0.3, -0.25) is 4.79 Å². The highest BCUT2D eigenvalue weighted by Gasteiger charge is 2.48. The fourth-order valence-corrected chi connectivity index (χ4v) is 4.94. The van der Waals surface area contributed by atoms with E-state index < -0.39 is 0 Å². The minimum Gasteiger partial charge on any atom is -0.330 e. The molecule has 4 rings (SSSR count). The Morgan fingerprint density at radius 3 is 2.92 bits per heavy atom. The zero-order chi connectivity index (χ0) is 16.7. The standard InChI is InChI=1S/C18H20FN3OS/c19-12-4-3-5-14-16(12)18(7-1-2-8-18)11-22(14)17(23)13-10-24-15(21-13)6-9-20/h3-5,10H,1-2,6-9,11,20H2. The Bertz CT molecular complexity index is 782. The molecule has 2 aromatic rings. The number of amides is 1. The first-order valence-corrected chi connectivity index (χ1v) is 9.28. The second kappa shape index (κ2) is 5.93. The molecule has 0 bridgehead atoms. The summed E-state index contributed by atoms with van der Waals surface area (Å²) in [6.45, 7) is 1.08. The third-order valence-electron chi connectivity index (χ3n) is 5.21. The van der Waals surface area contributed by atoms with Gasteiger partial charge in [0, 0.05) is 29.3 Å². The third kappa shape index (κ3) is 2.36. The van der Waals surface area contributed by atoms with Crippen LogP contribution in [0.1, 0.15) is 46.7 Å². The van der Waals surface area contributed by atoms with Gasteiger partial charge < -0.3 is 10.6 Å². The number of aromatic nitrogens is 1. The van der Waals surface area contributed by atoms with Crippen LogP contribution in [0.25, 0.3) is 0 Å². The van der Waals surface area contributed by atoms with Crippen LogP contribution in [0.15, 0.2) is 23.6 Å². The van der Waals surface area contributed by atoms with E-state index in [9.17, 15) is 9.18 Å². The number of nitrogens with zero attached hydrogens (tertiary/aromatic N) is 2. The van der Waals surface area contributed by atoms with Crippen LogP contribution in [0, 0.1) is 5.82 Å². The first-order valence-electron chi connectivity index (χ1n) is 8.40. The van der Waals surface area contributed by atoms with E-state index in [1.54, 1.807) is 16.3 Å². The smallest absolute Gasteiger partial charge is 0.277 e. The number of carbonyl (C=O) groups is 1. The number of benzene rings is 1. The molecule has 0 atom stereocenters. The first kappa shape index (κ1) is 15.7. The predicted molar refractivity (Wildman–Crippen MR) is 93.1 cm³/mol. The molecule has 24 heavy (non-hydrogen) atoms. The molecule has 1 aromatic heterocycles. The summed E-state index contributed by atoms with van der Waals surface area (Å²) in [4.78, 5) is 19.1. The van der Waals surface area contributed by atoms with Gasteiger partial charge in [-0.25, -0.2) is 9.37 Å². The van der Waals surface area contributed by atoms with Crippen molar-refractivity contribution in [3.63, 3.8) is 0 Å². The van der Waals surface area contributed by atoms with Crippen LogP contribution in [-0.2, 0) is 11.8 Å². The van der Waals surface area contributed by atoms with Gasteiger partial charge in [0.15, 0.2) is 0 Å². The van der Waals surface area contributed by atoms with Gasteiger partial charge in [0.25, 0.3) is 5.91 Å². The molecule has 1 fully saturated rings. The van der Waals surface area contributed by atoms with Crippen LogP contribution >= 0.6 is 11.3 Å². The molecule has 0 unspecified atom stereocenters. The summed E-state index contributed by atoms with van der Waals surface area (Å²) in [5.41, 5.74) is 7.23. The van der Waals surface area contributed by atoms with Crippen molar-refractivity contribution in [2.45, 2.75) is 37.5 Å². The molecule has 2 aliphatic rings. The number of fused-ring (bicyclic) bond motifs is 2. The van der Waals surface area contributed by atoms with Gasteiger partial charge in [-0.1, -0.05) is 18.9 Å². The van der Waals surface area contributed by atoms with E-state index in [-0.39, 0.29) is 17.1 Å². The molecular weight excluding hydrogens is 325 g/mol. The molecule has 1 amide bonds. The van der Waals surface area contributed by atoms with Crippen LogP contribution < -0.4 is 10.6 Å². The number of carbonyl (C=O) groups excluding carboxylic acids is 1. The lowest BCUT2D eigenvalue weighted by Crippen LogP contribution is -2.35. The fraction of sp³-hybridized carbons (Fsp3) is 0.444. The Balaban J connectivity index is 1.72. The Kier molecular flexibility index (Phi) is 3.89. The van der Waals surface area contributed by atoms with Crippen molar-refractivity contribution < 1.29 is 9.18 Å². The maximum atomic E-state index is 14.6. The average molecular weight is 345 g/mol. The van der Waals surface area contributed by atoms with Crippen LogP contribution in [0.4, 0.5) is 10.1 Å². The summed E-state index contributed by atoms with van der Waals surface area (Å²) in [5.74, 6) is -0.322. The lowest BCUT2D eigenvalue weighted by atomic mass is 9.80. The van der Waals surface area contributed by atoms with E-state index in [4.69, 9.17) is 5.73 Å². The Hall–Kier alpha value is -1.79. The maximum Gasteiger partial charge on any atom is 0.277 e. The van der Waals surface area contributed by atoms with Crippen molar-refractivity contribution in [3.8, 4) is 0 Å². The predicted octanol–water partition coefficient (Wildman–Crippen LogP) is 3.26.